The molecule has 0 spiro atoms. The van der Waals surface area contributed by atoms with E-state index in [4.69, 9.17) is 39.5 Å². The van der Waals surface area contributed by atoms with Crippen LogP contribution in [0.1, 0.15) is 31.9 Å². The van der Waals surface area contributed by atoms with Crippen LogP contribution in [0, 0.1) is 12.8 Å². The van der Waals surface area contributed by atoms with Crippen LogP contribution >= 0.6 is 34.8 Å². The number of hydrogen-bond acceptors (Lipinski definition) is 3. The fourth-order valence-corrected chi connectivity index (χ4v) is 3.39. The van der Waals surface area contributed by atoms with Gasteiger partial charge in [0.15, 0.2) is 6.61 Å². The Morgan fingerprint density at radius 3 is 2.35 bits per heavy atom. The lowest BCUT2D eigenvalue weighted by Gasteiger charge is -2.29. The molecule has 0 fully saturated rings. The van der Waals surface area contributed by atoms with Gasteiger partial charge in [0.25, 0.3) is 5.91 Å². The number of carbonyl (C=O) groups excluding carboxylic acids is 2. The second kappa shape index (κ2) is 11.6. The van der Waals surface area contributed by atoms with Crippen molar-refractivity contribution >= 4 is 46.6 Å². The molecule has 1 N–H and O–H groups in total. The summed E-state index contributed by atoms with van der Waals surface area (Å²) in [4.78, 5) is 27.2. The monoisotopic (exact) mass is 484 g/mol. The molecule has 0 aliphatic rings. The van der Waals surface area contributed by atoms with Crippen molar-refractivity contribution < 1.29 is 14.3 Å². The van der Waals surface area contributed by atoms with Gasteiger partial charge in [-0.2, -0.15) is 0 Å². The molecule has 0 aliphatic carbocycles. The van der Waals surface area contributed by atoms with Gasteiger partial charge >= 0.3 is 0 Å². The summed E-state index contributed by atoms with van der Waals surface area (Å²) in [6.07, 6.45) is 0. The van der Waals surface area contributed by atoms with Gasteiger partial charge in [-0.15, -0.1) is 0 Å². The predicted molar refractivity (Wildman–Crippen MR) is 126 cm³/mol. The smallest absolute Gasteiger partial charge is 0.261 e. The van der Waals surface area contributed by atoms with Gasteiger partial charge in [-0.25, -0.2) is 0 Å². The number of carbonyl (C=O) groups is 2. The predicted octanol–water partition coefficient (Wildman–Crippen LogP) is 5.52. The lowest BCUT2D eigenvalue weighted by molar-refractivity contribution is -0.142. The Labute approximate surface area is 198 Å². The molecule has 8 heteroatoms. The molecule has 31 heavy (non-hydrogen) atoms. The maximum absolute atomic E-state index is 13.1. The van der Waals surface area contributed by atoms with E-state index in [0.29, 0.717) is 38.8 Å². The minimum Gasteiger partial charge on any atom is -0.484 e. The van der Waals surface area contributed by atoms with Gasteiger partial charge < -0.3 is 15.0 Å². The van der Waals surface area contributed by atoms with Gasteiger partial charge in [0.2, 0.25) is 5.91 Å². The average molecular weight is 486 g/mol. The summed E-state index contributed by atoms with van der Waals surface area (Å²) in [5, 5.41) is 4.41. The first-order chi connectivity index (χ1) is 14.6. The summed E-state index contributed by atoms with van der Waals surface area (Å²) in [6.45, 7) is 7.99. The molecule has 2 rings (SSSR count). The number of benzene rings is 2. The van der Waals surface area contributed by atoms with Crippen molar-refractivity contribution in [3.63, 3.8) is 0 Å². The lowest BCUT2D eigenvalue weighted by Crippen LogP contribution is -2.49. The largest absolute Gasteiger partial charge is 0.484 e. The molecular weight excluding hydrogens is 459 g/mol. The van der Waals surface area contributed by atoms with Crippen molar-refractivity contribution in [2.45, 2.75) is 40.3 Å². The number of halogens is 3. The third kappa shape index (κ3) is 7.60. The molecule has 2 aromatic rings. The SMILES string of the molecule is Cc1cc(OCC(=O)N(Cc2ccc(Cl)cc2Cl)[C@@H](C)C(=O)NCC(C)C)ccc1Cl. The molecule has 0 unspecified atom stereocenters. The topological polar surface area (TPSA) is 58.6 Å². The van der Waals surface area contributed by atoms with Gasteiger partial charge in [-0.3, -0.25) is 9.59 Å². The molecule has 5 nitrogen and oxygen atoms in total. The Kier molecular flexibility index (Phi) is 9.48. The first kappa shape index (κ1) is 25.3. The number of ether oxygens (including phenoxy) is 1. The van der Waals surface area contributed by atoms with Crippen molar-refractivity contribution in [3.05, 3.63) is 62.6 Å². The zero-order valence-electron chi connectivity index (χ0n) is 18.0. The van der Waals surface area contributed by atoms with Gasteiger partial charge in [0.1, 0.15) is 11.8 Å². The first-order valence-electron chi connectivity index (χ1n) is 9.98. The van der Waals surface area contributed by atoms with Crippen LogP contribution in [-0.4, -0.2) is 35.9 Å². The van der Waals surface area contributed by atoms with Gasteiger partial charge in [0.05, 0.1) is 0 Å². The van der Waals surface area contributed by atoms with Gasteiger partial charge in [-0.1, -0.05) is 54.7 Å². The highest BCUT2D eigenvalue weighted by molar-refractivity contribution is 6.35. The van der Waals surface area contributed by atoms with Crippen LogP contribution < -0.4 is 10.1 Å². The van der Waals surface area contributed by atoms with Crippen molar-refractivity contribution in [2.75, 3.05) is 13.2 Å². The number of hydrogen-bond donors (Lipinski definition) is 1. The minimum atomic E-state index is -0.714. The van der Waals surface area contributed by atoms with Crippen molar-refractivity contribution in [1.82, 2.24) is 10.2 Å². The molecule has 2 amide bonds. The molecule has 0 saturated carbocycles. The van der Waals surface area contributed by atoms with Crippen molar-refractivity contribution in [3.8, 4) is 5.75 Å². The molecule has 0 bridgehead atoms. The van der Waals surface area contributed by atoms with Crippen molar-refractivity contribution in [2.24, 2.45) is 5.92 Å². The van der Waals surface area contributed by atoms with Crippen molar-refractivity contribution in [1.29, 1.82) is 0 Å². The standard InChI is InChI=1S/C23H27Cl3N2O3/c1-14(2)11-27-23(30)16(4)28(12-17-5-6-18(24)10-21(17)26)22(29)13-31-19-7-8-20(25)15(3)9-19/h5-10,14,16H,11-13H2,1-4H3,(H,27,30)/t16-/m0/s1. The Bertz CT molecular complexity index is 934. The average Bonchev–Trinajstić information content (AvgIpc) is 2.71. The first-order valence-corrected chi connectivity index (χ1v) is 11.1. The summed E-state index contributed by atoms with van der Waals surface area (Å²) < 4.78 is 5.66. The Morgan fingerprint density at radius 2 is 1.74 bits per heavy atom. The van der Waals surface area contributed by atoms with E-state index in [0.717, 1.165) is 5.56 Å². The highest BCUT2D eigenvalue weighted by atomic mass is 35.5. The van der Waals surface area contributed by atoms with Crippen LogP contribution in [0.2, 0.25) is 15.1 Å². The molecule has 2 aromatic carbocycles. The van der Waals surface area contributed by atoms with Gasteiger partial charge in [0, 0.05) is 28.2 Å². The molecule has 0 aliphatic heterocycles. The zero-order valence-corrected chi connectivity index (χ0v) is 20.3. The quantitative estimate of drug-likeness (QED) is 0.508. The number of nitrogens with one attached hydrogen (secondary N) is 1. The third-order valence-corrected chi connectivity index (χ3v) is 5.71. The molecule has 0 radical (unpaired) electrons. The molecule has 0 heterocycles. The maximum atomic E-state index is 13.1. The minimum absolute atomic E-state index is 0.147. The fourth-order valence-electron chi connectivity index (χ4n) is 2.80. The molecule has 168 valence electrons. The summed E-state index contributed by atoms with van der Waals surface area (Å²) in [5.41, 5.74) is 1.53. The molecule has 1 atom stereocenters. The van der Waals surface area contributed by atoms with E-state index in [1.807, 2.05) is 20.8 Å². The summed E-state index contributed by atoms with van der Waals surface area (Å²) in [5.74, 6) is 0.236. The zero-order chi connectivity index (χ0) is 23.1. The van der Waals surface area contributed by atoms with E-state index in [1.165, 1.54) is 4.90 Å². The number of rotatable bonds is 9. The number of nitrogens with zero attached hydrogens (tertiary/aromatic N) is 1. The summed E-state index contributed by atoms with van der Waals surface area (Å²) in [6, 6.07) is 9.50. The second-order valence-electron chi connectivity index (χ2n) is 7.77. The molecule has 0 saturated heterocycles. The molecule has 0 aromatic heterocycles. The van der Waals surface area contributed by atoms with E-state index in [2.05, 4.69) is 5.32 Å². The normalized spacial score (nSPS) is 11.9. The van der Waals surface area contributed by atoms with E-state index < -0.39 is 6.04 Å². The molecular formula is C23H27Cl3N2O3. The van der Waals surface area contributed by atoms with Gasteiger partial charge in [-0.05, 0) is 61.2 Å². The van der Waals surface area contributed by atoms with Crippen LogP contribution in [0.5, 0.6) is 5.75 Å². The Hall–Kier alpha value is -1.95. The highest BCUT2D eigenvalue weighted by Gasteiger charge is 2.27. The van der Waals surface area contributed by atoms with Crippen LogP contribution in [0.25, 0.3) is 0 Å². The summed E-state index contributed by atoms with van der Waals surface area (Å²) in [7, 11) is 0. The van der Waals surface area contributed by atoms with Crippen LogP contribution in [-0.2, 0) is 16.1 Å². The van der Waals surface area contributed by atoms with E-state index >= 15 is 0 Å². The number of aryl methyl sites for hydroxylation is 1. The fraction of sp³-hybridized carbons (Fsp3) is 0.391. The van der Waals surface area contributed by atoms with Crippen LogP contribution in [0.3, 0.4) is 0 Å². The van der Waals surface area contributed by atoms with E-state index in [-0.39, 0.29) is 25.0 Å². The summed E-state index contributed by atoms with van der Waals surface area (Å²) >= 11 is 18.3. The van der Waals surface area contributed by atoms with E-state index in [9.17, 15) is 9.59 Å². The maximum Gasteiger partial charge on any atom is 0.261 e. The highest BCUT2D eigenvalue weighted by Crippen LogP contribution is 2.24. The second-order valence-corrected chi connectivity index (χ2v) is 9.02. The third-order valence-electron chi connectivity index (χ3n) is 4.70. The van der Waals surface area contributed by atoms with E-state index in [1.54, 1.807) is 43.3 Å². The Balaban J connectivity index is 2.19. The van der Waals surface area contributed by atoms with Crippen LogP contribution in [0.4, 0.5) is 0 Å². The lowest BCUT2D eigenvalue weighted by atomic mass is 10.1. The van der Waals surface area contributed by atoms with Crippen LogP contribution in [0.15, 0.2) is 36.4 Å². The Morgan fingerprint density at radius 1 is 1.03 bits per heavy atom. The number of amides is 2.